The SMILES string of the molecule is CC(=O)CCN(C)CCc1cccnc1. The van der Waals surface area contributed by atoms with Crippen LogP contribution in [0.1, 0.15) is 18.9 Å². The first kappa shape index (κ1) is 11.9. The molecule has 0 radical (unpaired) electrons. The highest BCUT2D eigenvalue weighted by molar-refractivity contribution is 5.75. The summed E-state index contributed by atoms with van der Waals surface area (Å²) in [4.78, 5) is 17.0. The molecule has 0 amide bonds. The van der Waals surface area contributed by atoms with Gasteiger partial charge in [-0.15, -0.1) is 0 Å². The van der Waals surface area contributed by atoms with Gasteiger partial charge in [0.15, 0.2) is 0 Å². The van der Waals surface area contributed by atoms with Crippen LogP contribution in [0.5, 0.6) is 0 Å². The topological polar surface area (TPSA) is 33.2 Å². The highest BCUT2D eigenvalue weighted by atomic mass is 16.1. The van der Waals surface area contributed by atoms with Crippen molar-refractivity contribution in [3.8, 4) is 0 Å². The molecule has 0 bridgehead atoms. The molecule has 0 N–H and O–H groups in total. The predicted molar refractivity (Wildman–Crippen MR) is 60.7 cm³/mol. The van der Waals surface area contributed by atoms with E-state index in [0.717, 1.165) is 19.5 Å². The third kappa shape index (κ3) is 5.27. The summed E-state index contributed by atoms with van der Waals surface area (Å²) in [6.45, 7) is 3.45. The van der Waals surface area contributed by atoms with E-state index >= 15 is 0 Å². The van der Waals surface area contributed by atoms with Crippen LogP contribution in [0.15, 0.2) is 24.5 Å². The Kier molecular flexibility index (Phi) is 4.98. The molecule has 0 saturated heterocycles. The second-order valence-corrected chi connectivity index (χ2v) is 3.87. The number of hydrogen-bond acceptors (Lipinski definition) is 3. The second kappa shape index (κ2) is 6.30. The van der Waals surface area contributed by atoms with E-state index in [1.54, 1.807) is 13.1 Å². The summed E-state index contributed by atoms with van der Waals surface area (Å²) in [5.41, 5.74) is 1.24. The molecule has 0 aliphatic heterocycles. The minimum atomic E-state index is 0.253. The van der Waals surface area contributed by atoms with Crippen LogP contribution in [0.25, 0.3) is 0 Å². The standard InChI is InChI=1S/C12H18N2O/c1-11(15)5-8-14(2)9-6-12-4-3-7-13-10-12/h3-4,7,10H,5-6,8-9H2,1-2H3. The average molecular weight is 206 g/mol. The summed E-state index contributed by atoms with van der Waals surface area (Å²) in [6, 6.07) is 4.02. The Balaban J connectivity index is 2.22. The number of likely N-dealkylation sites (N-methyl/N-ethyl adjacent to an activating group) is 1. The Morgan fingerprint density at radius 1 is 1.47 bits per heavy atom. The molecule has 0 spiro atoms. The molecular formula is C12H18N2O. The largest absolute Gasteiger partial charge is 0.306 e. The van der Waals surface area contributed by atoms with Gasteiger partial charge in [-0.1, -0.05) is 6.07 Å². The van der Waals surface area contributed by atoms with Gasteiger partial charge >= 0.3 is 0 Å². The smallest absolute Gasteiger partial charge is 0.131 e. The van der Waals surface area contributed by atoms with E-state index in [-0.39, 0.29) is 5.78 Å². The van der Waals surface area contributed by atoms with E-state index in [4.69, 9.17) is 0 Å². The summed E-state index contributed by atoms with van der Waals surface area (Å²) in [5.74, 6) is 0.253. The lowest BCUT2D eigenvalue weighted by Crippen LogP contribution is -2.23. The number of carbonyl (C=O) groups is 1. The first-order chi connectivity index (χ1) is 7.18. The van der Waals surface area contributed by atoms with Gasteiger partial charge < -0.3 is 4.90 Å². The quantitative estimate of drug-likeness (QED) is 0.707. The van der Waals surface area contributed by atoms with Gasteiger partial charge in [-0.25, -0.2) is 0 Å². The fourth-order valence-electron chi connectivity index (χ4n) is 1.33. The predicted octanol–water partition coefficient (Wildman–Crippen LogP) is 1.54. The Hall–Kier alpha value is -1.22. The van der Waals surface area contributed by atoms with Crippen LogP contribution in [0.3, 0.4) is 0 Å². The number of hydrogen-bond donors (Lipinski definition) is 0. The lowest BCUT2D eigenvalue weighted by atomic mass is 10.2. The van der Waals surface area contributed by atoms with Crippen molar-refractivity contribution in [2.75, 3.05) is 20.1 Å². The molecule has 1 rings (SSSR count). The first-order valence-corrected chi connectivity index (χ1v) is 5.25. The molecule has 0 saturated carbocycles. The van der Waals surface area contributed by atoms with E-state index in [1.807, 2.05) is 19.3 Å². The van der Waals surface area contributed by atoms with Gasteiger partial charge in [-0.2, -0.15) is 0 Å². The minimum Gasteiger partial charge on any atom is -0.306 e. The third-order valence-electron chi connectivity index (χ3n) is 2.35. The van der Waals surface area contributed by atoms with E-state index < -0.39 is 0 Å². The number of carbonyl (C=O) groups excluding carboxylic acids is 1. The maximum absolute atomic E-state index is 10.8. The Morgan fingerprint density at radius 3 is 2.87 bits per heavy atom. The number of nitrogens with zero attached hydrogens (tertiary/aromatic N) is 2. The van der Waals surface area contributed by atoms with Crippen LogP contribution < -0.4 is 0 Å². The molecular weight excluding hydrogens is 188 g/mol. The van der Waals surface area contributed by atoms with Crippen molar-refractivity contribution in [2.45, 2.75) is 19.8 Å². The molecule has 0 aliphatic rings. The van der Waals surface area contributed by atoms with Crippen LogP contribution in [-0.4, -0.2) is 35.8 Å². The Labute approximate surface area is 91.1 Å². The summed E-state index contributed by atoms with van der Waals surface area (Å²) < 4.78 is 0. The molecule has 0 aliphatic carbocycles. The van der Waals surface area contributed by atoms with Crippen LogP contribution in [0.4, 0.5) is 0 Å². The van der Waals surface area contributed by atoms with Crippen LogP contribution in [0.2, 0.25) is 0 Å². The third-order valence-corrected chi connectivity index (χ3v) is 2.35. The lowest BCUT2D eigenvalue weighted by molar-refractivity contribution is -0.117. The summed E-state index contributed by atoms with van der Waals surface area (Å²) in [6.07, 6.45) is 5.30. The number of Topliss-reactive ketones (excluding diaryl/α,β-unsaturated/α-hetero) is 1. The molecule has 0 atom stereocenters. The maximum atomic E-state index is 10.8. The van der Waals surface area contributed by atoms with Crippen molar-refractivity contribution in [3.05, 3.63) is 30.1 Å². The van der Waals surface area contributed by atoms with E-state index in [2.05, 4.69) is 16.0 Å². The average Bonchev–Trinajstić information content (AvgIpc) is 2.25. The van der Waals surface area contributed by atoms with Crippen LogP contribution in [-0.2, 0) is 11.2 Å². The fourth-order valence-corrected chi connectivity index (χ4v) is 1.33. The zero-order valence-electron chi connectivity index (χ0n) is 9.44. The van der Waals surface area contributed by atoms with Crippen molar-refractivity contribution >= 4 is 5.78 Å². The van der Waals surface area contributed by atoms with Crippen molar-refractivity contribution in [2.24, 2.45) is 0 Å². The van der Waals surface area contributed by atoms with E-state index in [0.29, 0.717) is 6.42 Å². The van der Waals surface area contributed by atoms with Gasteiger partial charge in [0.2, 0.25) is 0 Å². The van der Waals surface area contributed by atoms with Gasteiger partial charge in [0.1, 0.15) is 5.78 Å². The number of ketones is 1. The van der Waals surface area contributed by atoms with Crippen LogP contribution >= 0.6 is 0 Å². The van der Waals surface area contributed by atoms with Crippen molar-refractivity contribution in [1.82, 2.24) is 9.88 Å². The summed E-state index contributed by atoms with van der Waals surface area (Å²) >= 11 is 0. The normalized spacial score (nSPS) is 10.6. The highest BCUT2D eigenvalue weighted by Gasteiger charge is 2.01. The van der Waals surface area contributed by atoms with Gasteiger partial charge in [-0.05, 0) is 32.0 Å². The molecule has 15 heavy (non-hydrogen) atoms. The van der Waals surface area contributed by atoms with E-state index in [9.17, 15) is 4.79 Å². The van der Waals surface area contributed by atoms with Crippen molar-refractivity contribution < 1.29 is 4.79 Å². The summed E-state index contributed by atoms with van der Waals surface area (Å²) in [5, 5.41) is 0. The van der Waals surface area contributed by atoms with Gasteiger partial charge in [0.25, 0.3) is 0 Å². The highest BCUT2D eigenvalue weighted by Crippen LogP contribution is 1.98. The maximum Gasteiger partial charge on any atom is 0.131 e. The number of aromatic nitrogens is 1. The van der Waals surface area contributed by atoms with Crippen molar-refractivity contribution in [3.63, 3.8) is 0 Å². The van der Waals surface area contributed by atoms with Crippen molar-refractivity contribution in [1.29, 1.82) is 0 Å². The van der Waals surface area contributed by atoms with Gasteiger partial charge in [-0.3, -0.25) is 9.78 Å². The zero-order valence-corrected chi connectivity index (χ0v) is 9.44. The number of rotatable bonds is 6. The second-order valence-electron chi connectivity index (χ2n) is 3.87. The lowest BCUT2D eigenvalue weighted by Gasteiger charge is -2.15. The van der Waals surface area contributed by atoms with Gasteiger partial charge in [0, 0.05) is 31.9 Å². The molecule has 1 aromatic rings. The molecule has 3 heteroatoms. The molecule has 0 aromatic carbocycles. The Morgan fingerprint density at radius 2 is 2.27 bits per heavy atom. The van der Waals surface area contributed by atoms with Crippen LogP contribution in [0, 0.1) is 0 Å². The molecule has 82 valence electrons. The number of pyridine rings is 1. The molecule has 0 fully saturated rings. The monoisotopic (exact) mass is 206 g/mol. The zero-order chi connectivity index (χ0) is 11.1. The molecule has 0 unspecified atom stereocenters. The summed E-state index contributed by atoms with van der Waals surface area (Å²) in [7, 11) is 2.04. The Bertz CT molecular complexity index is 298. The first-order valence-electron chi connectivity index (χ1n) is 5.25. The van der Waals surface area contributed by atoms with Gasteiger partial charge in [0.05, 0.1) is 0 Å². The minimum absolute atomic E-state index is 0.253. The molecule has 1 aromatic heterocycles. The van der Waals surface area contributed by atoms with E-state index in [1.165, 1.54) is 5.56 Å². The molecule has 3 nitrogen and oxygen atoms in total. The fraction of sp³-hybridized carbons (Fsp3) is 0.500. The molecule has 1 heterocycles.